The lowest BCUT2D eigenvalue weighted by Gasteiger charge is -2.43. The molecule has 0 saturated carbocycles. The van der Waals surface area contributed by atoms with Crippen molar-refractivity contribution in [3.05, 3.63) is 29.8 Å². The fourth-order valence-electron chi connectivity index (χ4n) is 3.72. The molecule has 2 aliphatic heterocycles. The molecule has 9 heteroatoms. The molecule has 1 aromatic rings. The summed E-state index contributed by atoms with van der Waals surface area (Å²) in [6.45, 7) is 1.81. The van der Waals surface area contributed by atoms with Gasteiger partial charge in [-0.15, -0.1) is 0 Å². The van der Waals surface area contributed by atoms with Gasteiger partial charge in [-0.05, 0) is 37.5 Å². The normalized spacial score (nSPS) is 21.7. The molecule has 2 aliphatic rings. The van der Waals surface area contributed by atoms with Gasteiger partial charge in [-0.1, -0.05) is 6.07 Å². The lowest BCUT2D eigenvalue weighted by molar-refractivity contribution is -0.155. The van der Waals surface area contributed by atoms with E-state index in [-0.39, 0.29) is 24.9 Å². The Labute approximate surface area is 170 Å². The number of carbonyl (C=O) groups excluding carboxylic acids is 3. The van der Waals surface area contributed by atoms with Crippen LogP contribution in [0.3, 0.4) is 0 Å². The standard InChI is InChI=1S/C20H28N4O5/c1-28-15-6-2-5-14(13-15)19(26)23-10-4-11-24(18(23)17(25)22-9-8-21)20(27)16-7-3-12-29-16/h2,5-6,13,16,18H,3-4,7-12,21H2,1H3,(H,22,25). The van der Waals surface area contributed by atoms with Crippen molar-refractivity contribution in [3.8, 4) is 5.75 Å². The minimum atomic E-state index is -1.04. The molecular weight excluding hydrogens is 376 g/mol. The van der Waals surface area contributed by atoms with Crippen LogP contribution in [0.2, 0.25) is 0 Å². The van der Waals surface area contributed by atoms with Gasteiger partial charge >= 0.3 is 0 Å². The Morgan fingerprint density at radius 1 is 1.24 bits per heavy atom. The minimum absolute atomic E-state index is 0.251. The van der Waals surface area contributed by atoms with Crippen molar-refractivity contribution in [2.45, 2.75) is 31.5 Å². The molecule has 2 saturated heterocycles. The van der Waals surface area contributed by atoms with Crippen LogP contribution in [0.25, 0.3) is 0 Å². The second kappa shape index (κ2) is 9.71. The zero-order valence-corrected chi connectivity index (χ0v) is 16.6. The number of methoxy groups -OCH3 is 1. The summed E-state index contributed by atoms with van der Waals surface area (Å²) in [7, 11) is 1.52. The number of amides is 3. The average molecular weight is 404 g/mol. The largest absolute Gasteiger partial charge is 0.497 e. The number of ether oxygens (including phenoxy) is 2. The van der Waals surface area contributed by atoms with Gasteiger partial charge in [0.15, 0.2) is 6.17 Å². The fourth-order valence-corrected chi connectivity index (χ4v) is 3.72. The van der Waals surface area contributed by atoms with Gasteiger partial charge in [-0.2, -0.15) is 0 Å². The van der Waals surface area contributed by atoms with Crippen molar-refractivity contribution in [2.24, 2.45) is 5.73 Å². The number of nitrogens with one attached hydrogen (secondary N) is 1. The van der Waals surface area contributed by atoms with Gasteiger partial charge in [-0.3, -0.25) is 14.4 Å². The summed E-state index contributed by atoms with van der Waals surface area (Å²) in [5.74, 6) is -0.456. The van der Waals surface area contributed by atoms with Gasteiger partial charge in [0, 0.05) is 38.3 Å². The maximum atomic E-state index is 13.2. The fraction of sp³-hybridized carbons (Fsp3) is 0.550. The van der Waals surface area contributed by atoms with E-state index >= 15 is 0 Å². The van der Waals surface area contributed by atoms with E-state index in [1.807, 2.05) is 0 Å². The Hall–Kier alpha value is -2.65. The van der Waals surface area contributed by atoms with Crippen LogP contribution in [0.15, 0.2) is 24.3 Å². The van der Waals surface area contributed by atoms with Crippen molar-refractivity contribution >= 4 is 17.7 Å². The summed E-state index contributed by atoms with van der Waals surface area (Å²) in [4.78, 5) is 42.1. The first-order chi connectivity index (χ1) is 14.1. The number of nitrogens with zero attached hydrogens (tertiary/aromatic N) is 2. The zero-order chi connectivity index (χ0) is 20.8. The summed E-state index contributed by atoms with van der Waals surface area (Å²) < 4.78 is 10.7. The predicted octanol–water partition coefficient (Wildman–Crippen LogP) is -0.0503. The lowest BCUT2D eigenvalue weighted by atomic mass is 10.1. The maximum absolute atomic E-state index is 13.2. The molecule has 0 radical (unpaired) electrons. The first-order valence-corrected chi connectivity index (χ1v) is 9.91. The van der Waals surface area contributed by atoms with Crippen molar-refractivity contribution < 1.29 is 23.9 Å². The molecule has 3 N–H and O–H groups in total. The Kier molecular flexibility index (Phi) is 7.05. The molecule has 2 heterocycles. The number of rotatable bonds is 6. The van der Waals surface area contributed by atoms with E-state index in [9.17, 15) is 14.4 Å². The van der Waals surface area contributed by atoms with E-state index in [1.165, 1.54) is 16.9 Å². The van der Waals surface area contributed by atoms with Gasteiger partial charge < -0.3 is 30.3 Å². The van der Waals surface area contributed by atoms with E-state index in [1.54, 1.807) is 24.3 Å². The van der Waals surface area contributed by atoms with Gasteiger partial charge in [0.1, 0.15) is 11.9 Å². The van der Waals surface area contributed by atoms with Crippen LogP contribution in [0.1, 0.15) is 29.6 Å². The van der Waals surface area contributed by atoms with Gasteiger partial charge in [0.25, 0.3) is 17.7 Å². The number of benzene rings is 1. The molecule has 0 aliphatic carbocycles. The van der Waals surface area contributed by atoms with E-state index < -0.39 is 18.2 Å². The minimum Gasteiger partial charge on any atom is -0.497 e. The van der Waals surface area contributed by atoms with Crippen LogP contribution in [0, 0.1) is 0 Å². The van der Waals surface area contributed by atoms with Crippen molar-refractivity contribution in [1.82, 2.24) is 15.1 Å². The molecule has 2 fully saturated rings. The molecule has 2 atom stereocenters. The summed E-state index contributed by atoms with van der Waals surface area (Å²) in [5, 5.41) is 2.72. The highest BCUT2D eigenvalue weighted by molar-refractivity contribution is 5.99. The summed E-state index contributed by atoms with van der Waals surface area (Å²) in [6.07, 6.45) is 0.406. The highest BCUT2D eigenvalue weighted by atomic mass is 16.5. The van der Waals surface area contributed by atoms with Crippen molar-refractivity contribution in [3.63, 3.8) is 0 Å². The van der Waals surface area contributed by atoms with E-state index in [0.29, 0.717) is 43.9 Å². The third-order valence-corrected chi connectivity index (χ3v) is 5.13. The Morgan fingerprint density at radius 3 is 2.72 bits per heavy atom. The number of nitrogens with two attached hydrogens (primary N) is 1. The Balaban J connectivity index is 1.88. The molecular formula is C20H28N4O5. The second-order valence-corrected chi connectivity index (χ2v) is 7.07. The number of carbonyl (C=O) groups is 3. The summed E-state index contributed by atoms with van der Waals surface area (Å²) in [6, 6.07) is 6.75. The van der Waals surface area contributed by atoms with E-state index in [0.717, 1.165) is 6.42 Å². The molecule has 3 amide bonds. The molecule has 0 aromatic heterocycles. The van der Waals surface area contributed by atoms with Gasteiger partial charge in [0.2, 0.25) is 0 Å². The highest BCUT2D eigenvalue weighted by Gasteiger charge is 2.43. The summed E-state index contributed by atoms with van der Waals surface area (Å²) >= 11 is 0. The average Bonchev–Trinajstić information content (AvgIpc) is 3.31. The summed E-state index contributed by atoms with van der Waals surface area (Å²) in [5.41, 5.74) is 5.90. The lowest BCUT2D eigenvalue weighted by Crippen LogP contribution is -2.65. The molecule has 29 heavy (non-hydrogen) atoms. The SMILES string of the molecule is COc1cccc(C(=O)N2CCCN(C(=O)C3CCCO3)C2C(=O)NCCN)c1. The van der Waals surface area contributed by atoms with Crippen LogP contribution in [-0.2, 0) is 14.3 Å². The molecule has 2 unspecified atom stereocenters. The topological polar surface area (TPSA) is 114 Å². The third-order valence-electron chi connectivity index (χ3n) is 5.13. The smallest absolute Gasteiger partial charge is 0.263 e. The van der Waals surface area contributed by atoms with Crippen molar-refractivity contribution in [1.29, 1.82) is 0 Å². The zero-order valence-electron chi connectivity index (χ0n) is 16.6. The predicted molar refractivity (Wildman–Crippen MR) is 105 cm³/mol. The molecule has 1 aromatic carbocycles. The van der Waals surface area contributed by atoms with Gasteiger partial charge in [0.05, 0.1) is 7.11 Å². The first-order valence-electron chi connectivity index (χ1n) is 9.91. The van der Waals surface area contributed by atoms with Crippen molar-refractivity contribution in [2.75, 3.05) is 39.9 Å². The quantitative estimate of drug-likeness (QED) is 0.687. The van der Waals surface area contributed by atoms with Crippen LogP contribution >= 0.6 is 0 Å². The first kappa shape index (κ1) is 21.1. The second-order valence-electron chi connectivity index (χ2n) is 7.07. The van der Waals surface area contributed by atoms with E-state index in [2.05, 4.69) is 5.32 Å². The monoisotopic (exact) mass is 404 g/mol. The molecule has 3 rings (SSSR count). The number of hydrogen-bond acceptors (Lipinski definition) is 6. The highest BCUT2D eigenvalue weighted by Crippen LogP contribution is 2.24. The van der Waals surface area contributed by atoms with Crippen LogP contribution in [0.4, 0.5) is 0 Å². The molecule has 0 spiro atoms. The molecule has 9 nitrogen and oxygen atoms in total. The van der Waals surface area contributed by atoms with Crippen LogP contribution in [-0.4, -0.2) is 79.7 Å². The molecule has 158 valence electrons. The third kappa shape index (κ3) is 4.68. The maximum Gasteiger partial charge on any atom is 0.263 e. The van der Waals surface area contributed by atoms with E-state index in [4.69, 9.17) is 15.2 Å². The van der Waals surface area contributed by atoms with Gasteiger partial charge in [-0.25, -0.2) is 0 Å². The van der Waals surface area contributed by atoms with Crippen LogP contribution < -0.4 is 15.8 Å². The van der Waals surface area contributed by atoms with Crippen LogP contribution in [0.5, 0.6) is 5.75 Å². The molecule has 0 bridgehead atoms. The Bertz CT molecular complexity index is 750. The Morgan fingerprint density at radius 2 is 2.03 bits per heavy atom. The number of hydrogen-bond donors (Lipinski definition) is 2.